The number of pyridine rings is 1. The number of thioether (sulfide) groups is 1. The Kier molecular flexibility index (Phi) is 5.37. The van der Waals surface area contributed by atoms with E-state index in [2.05, 4.69) is 4.98 Å². The van der Waals surface area contributed by atoms with Gasteiger partial charge < -0.3 is 4.74 Å². The van der Waals surface area contributed by atoms with Crippen molar-refractivity contribution < 1.29 is 14.3 Å². The highest BCUT2D eigenvalue weighted by Crippen LogP contribution is 2.25. The number of rotatable bonds is 5. The molecule has 0 N–H and O–H groups in total. The van der Waals surface area contributed by atoms with Crippen molar-refractivity contribution in [3.05, 3.63) is 64.0 Å². The first kappa shape index (κ1) is 19.2. The molecule has 5 nitrogen and oxygen atoms in total. The van der Waals surface area contributed by atoms with Crippen LogP contribution in [-0.2, 0) is 11.3 Å². The first-order valence-corrected chi connectivity index (χ1v) is 9.86. The Morgan fingerprint density at radius 2 is 1.93 bits per heavy atom. The minimum absolute atomic E-state index is 0.0160. The molecule has 0 fully saturated rings. The quantitative estimate of drug-likeness (QED) is 0.368. The first-order chi connectivity index (χ1) is 12.8. The van der Waals surface area contributed by atoms with Gasteiger partial charge in [0.05, 0.1) is 5.52 Å². The number of fused-ring (bicyclic) bond motifs is 1. The number of Topliss-reactive ketones (excluding diaryl/α,β-unsaturated/α-hetero) is 1. The fraction of sp³-hybridized carbons (Fsp3) is 0.286. The van der Waals surface area contributed by atoms with Crippen molar-refractivity contribution in [3.8, 4) is 0 Å². The van der Waals surface area contributed by atoms with Crippen LogP contribution in [0.1, 0.15) is 50.0 Å². The number of benzene rings is 1. The van der Waals surface area contributed by atoms with Crippen molar-refractivity contribution in [2.45, 2.75) is 39.5 Å². The maximum Gasteiger partial charge on any atom is 0.359 e. The van der Waals surface area contributed by atoms with Crippen LogP contribution in [-0.4, -0.2) is 27.4 Å². The van der Waals surface area contributed by atoms with Crippen LogP contribution in [0.3, 0.4) is 0 Å². The van der Waals surface area contributed by atoms with E-state index in [1.165, 1.54) is 11.8 Å². The lowest BCUT2D eigenvalue weighted by Gasteiger charge is -2.15. The van der Waals surface area contributed by atoms with Gasteiger partial charge in [0.15, 0.2) is 16.6 Å². The number of ether oxygens (including phenoxy) is 1. The first-order valence-electron chi connectivity index (χ1n) is 8.64. The van der Waals surface area contributed by atoms with Crippen LogP contribution in [0.4, 0.5) is 0 Å². The van der Waals surface area contributed by atoms with Gasteiger partial charge in [-0.2, -0.15) is 0 Å². The lowest BCUT2D eigenvalue weighted by Crippen LogP contribution is -2.11. The third-order valence-corrected chi connectivity index (χ3v) is 5.38. The lowest BCUT2D eigenvalue weighted by atomic mass is 9.92. The summed E-state index contributed by atoms with van der Waals surface area (Å²) in [5, 5.41) is 0.735. The zero-order chi connectivity index (χ0) is 19.7. The van der Waals surface area contributed by atoms with Gasteiger partial charge in [-0.15, -0.1) is 0 Å². The van der Waals surface area contributed by atoms with Crippen molar-refractivity contribution in [2.75, 3.05) is 6.26 Å². The van der Waals surface area contributed by atoms with Gasteiger partial charge in [0.25, 0.3) is 0 Å². The Balaban J connectivity index is 1.91. The molecule has 0 saturated carbocycles. The minimum atomic E-state index is -0.470. The van der Waals surface area contributed by atoms with Crippen LogP contribution in [0.2, 0.25) is 0 Å². The number of aryl methyl sites for hydroxylation is 2. The Hall–Kier alpha value is -2.60. The van der Waals surface area contributed by atoms with Crippen molar-refractivity contribution >= 4 is 29.0 Å². The SMILES string of the molecule is CSc1nc(C(=O)OCc2c(C)cc(C)c(C(C)=O)c2C)c2ccccn12. The average molecular weight is 382 g/mol. The summed E-state index contributed by atoms with van der Waals surface area (Å²) in [7, 11) is 0. The molecular formula is C21H22N2O3S. The number of aromatic nitrogens is 2. The average Bonchev–Trinajstić information content (AvgIpc) is 2.99. The number of ketones is 1. The molecule has 0 aliphatic heterocycles. The van der Waals surface area contributed by atoms with E-state index in [1.807, 2.05) is 61.9 Å². The van der Waals surface area contributed by atoms with Gasteiger partial charge in [-0.3, -0.25) is 9.20 Å². The zero-order valence-corrected chi connectivity index (χ0v) is 16.9. The molecule has 27 heavy (non-hydrogen) atoms. The number of nitrogens with zero attached hydrogens (tertiary/aromatic N) is 2. The molecule has 140 valence electrons. The van der Waals surface area contributed by atoms with Crippen LogP contribution in [0, 0.1) is 20.8 Å². The second-order valence-corrected chi connectivity index (χ2v) is 7.30. The van der Waals surface area contributed by atoms with Gasteiger partial charge in [-0.05, 0) is 68.3 Å². The Bertz CT molecular complexity index is 1050. The van der Waals surface area contributed by atoms with Gasteiger partial charge >= 0.3 is 5.97 Å². The van der Waals surface area contributed by atoms with Gasteiger partial charge in [0.1, 0.15) is 6.61 Å². The van der Waals surface area contributed by atoms with Crippen LogP contribution in [0.5, 0.6) is 0 Å². The molecule has 3 rings (SSSR count). The predicted octanol–water partition coefficient (Wildman–Crippen LogP) is 4.54. The fourth-order valence-corrected chi connectivity index (χ4v) is 4.04. The molecule has 0 spiro atoms. The van der Waals surface area contributed by atoms with Crippen LogP contribution in [0.15, 0.2) is 35.6 Å². The zero-order valence-electron chi connectivity index (χ0n) is 16.1. The molecule has 0 atom stereocenters. The highest BCUT2D eigenvalue weighted by atomic mass is 32.2. The molecule has 0 aliphatic rings. The maximum atomic E-state index is 12.7. The molecule has 0 saturated heterocycles. The second kappa shape index (κ2) is 7.56. The standard InChI is InChI=1S/C21H22N2O3S/c1-12-10-13(2)18(15(4)24)14(3)16(12)11-26-20(25)19-17-8-6-7-9-23(17)21(22-19)27-5/h6-10H,11H2,1-5H3. The smallest absolute Gasteiger partial charge is 0.359 e. The van der Waals surface area contributed by atoms with E-state index in [4.69, 9.17) is 4.74 Å². The minimum Gasteiger partial charge on any atom is -0.456 e. The van der Waals surface area contributed by atoms with Gasteiger partial charge in [-0.1, -0.05) is 23.9 Å². The molecule has 0 unspecified atom stereocenters. The largest absolute Gasteiger partial charge is 0.456 e. The number of carbonyl (C=O) groups excluding carboxylic acids is 2. The Morgan fingerprint density at radius 1 is 1.19 bits per heavy atom. The van der Waals surface area contributed by atoms with E-state index >= 15 is 0 Å². The molecule has 6 heteroatoms. The van der Waals surface area contributed by atoms with E-state index in [0.29, 0.717) is 16.8 Å². The van der Waals surface area contributed by atoms with E-state index in [1.54, 1.807) is 6.92 Å². The van der Waals surface area contributed by atoms with Crippen molar-refractivity contribution in [2.24, 2.45) is 0 Å². The normalized spacial score (nSPS) is 11.0. The van der Waals surface area contributed by atoms with Crippen LogP contribution >= 0.6 is 11.8 Å². The van der Waals surface area contributed by atoms with Crippen molar-refractivity contribution in [1.29, 1.82) is 0 Å². The lowest BCUT2D eigenvalue weighted by molar-refractivity contribution is 0.0467. The van der Waals surface area contributed by atoms with E-state index in [9.17, 15) is 9.59 Å². The summed E-state index contributed by atoms with van der Waals surface area (Å²) in [4.78, 5) is 29.1. The van der Waals surface area contributed by atoms with E-state index in [0.717, 1.165) is 27.4 Å². The molecule has 2 aromatic heterocycles. The number of imidazole rings is 1. The van der Waals surface area contributed by atoms with Crippen molar-refractivity contribution in [3.63, 3.8) is 0 Å². The summed E-state index contributed by atoms with van der Waals surface area (Å²) in [5.74, 6) is -0.454. The van der Waals surface area contributed by atoms with Crippen molar-refractivity contribution in [1.82, 2.24) is 9.38 Å². The third kappa shape index (κ3) is 3.49. The highest BCUT2D eigenvalue weighted by Gasteiger charge is 2.20. The van der Waals surface area contributed by atoms with Gasteiger partial charge in [-0.25, -0.2) is 9.78 Å². The fourth-order valence-electron chi connectivity index (χ4n) is 3.50. The second-order valence-electron chi connectivity index (χ2n) is 6.52. The van der Waals surface area contributed by atoms with Crippen LogP contribution in [0.25, 0.3) is 5.52 Å². The van der Waals surface area contributed by atoms with Crippen LogP contribution < -0.4 is 0 Å². The van der Waals surface area contributed by atoms with Gasteiger partial charge in [0, 0.05) is 11.8 Å². The predicted molar refractivity (Wildman–Crippen MR) is 107 cm³/mol. The summed E-state index contributed by atoms with van der Waals surface area (Å²) in [5.41, 5.74) is 5.39. The summed E-state index contributed by atoms with van der Waals surface area (Å²) >= 11 is 1.47. The topological polar surface area (TPSA) is 60.7 Å². The van der Waals surface area contributed by atoms with E-state index < -0.39 is 5.97 Å². The van der Waals surface area contributed by atoms with Gasteiger partial charge in [0.2, 0.25) is 0 Å². The number of hydrogen-bond acceptors (Lipinski definition) is 5. The summed E-state index contributed by atoms with van der Waals surface area (Å²) < 4.78 is 7.45. The third-order valence-electron chi connectivity index (χ3n) is 4.72. The highest BCUT2D eigenvalue weighted by molar-refractivity contribution is 7.98. The molecule has 1 aromatic carbocycles. The Morgan fingerprint density at radius 3 is 2.59 bits per heavy atom. The molecule has 3 aromatic rings. The molecule has 0 amide bonds. The number of esters is 1. The number of hydrogen-bond donors (Lipinski definition) is 0. The molecule has 2 heterocycles. The molecule has 0 aliphatic carbocycles. The molecule has 0 bridgehead atoms. The maximum absolute atomic E-state index is 12.7. The summed E-state index contributed by atoms with van der Waals surface area (Å²) in [6.45, 7) is 7.45. The number of carbonyl (C=O) groups is 2. The monoisotopic (exact) mass is 382 g/mol. The molecular weight excluding hydrogens is 360 g/mol. The molecule has 0 radical (unpaired) electrons. The summed E-state index contributed by atoms with van der Waals surface area (Å²) in [6, 6.07) is 7.57. The Labute approximate surface area is 162 Å². The van der Waals surface area contributed by atoms with E-state index in [-0.39, 0.29) is 12.4 Å². The summed E-state index contributed by atoms with van der Waals surface area (Å²) in [6.07, 6.45) is 3.79.